The standard InChI is InChI=1S/C10H11NO4/c1-15-10-7-9(11(13)14)5-4-8(10)3-2-6-12/h4-7H,2-3H2,1H3. The lowest BCUT2D eigenvalue weighted by Gasteiger charge is -2.06. The van der Waals surface area contributed by atoms with Gasteiger partial charge in [0.1, 0.15) is 12.0 Å². The van der Waals surface area contributed by atoms with E-state index in [-0.39, 0.29) is 5.69 Å². The van der Waals surface area contributed by atoms with E-state index in [1.54, 1.807) is 6.07 Å². The predicted octanol–water partition coefficient (Wildman–Crippen LogP) is 1.73. The largest absolute Gasteiger partial charge is 0.496 e. The second kappa shape index (κ2) is 5.09. The SMILES string of the molecule is COc1cc([N+](=O)[O-])ccc1CCC=O. The van der Waals surface area contributed by atoms with Crippen LogP contribution >= 0.6 is 0 Å². The van der Waals surface area contributed by atoms with E-state index in [0.717, 1.165) is 11.8 Å². The van der Waals surface area contributed by atoms with Crippen molar-refractivity contribution in [1.82, 2.24) is 0 Å². The molecule has 1 aromatic rings. The highest BCUT2D eigenvalue weighted by molar-refractivity contribution is 5.52. The van der Waals surface area contributed by atoms with Gasteiger partial charge >= 0.3 is 0 Å². The van der Waals surface area contributed by atoms with E-state index in [4.69, 9.17) is 4.74 Å². The molecule has 0 atom stereocenters. The van der Waals surface area contributed by atoms with Crippen molar-refractivity contribution in [1.29, 1.82) is 0 Å². The fourth-order valence-electron chi connectivity index (χ4n) is 1.27. The number of ether oxygens (including phenoxy) is 1. The summed E-state index contributed by atoms with van der Waals surface area (Å²) in [5, 5.41) is 10.5. The van der Waals surface area contributed by atoms with Gasteiger partial charge in [-0.05, 0) is 18.1 Å². The van der Waals surface area contributed by atoms with E-state index in [1.807, 2.05) is 0 Å². The number of nitrogens with zero attached hydrogens (tertiary/aromatic N) is 1. The van der Waals surface area contributed by atoms with Crippen molar-refractivity contribution in [2.45, 2.75) is 12.8 Å². The molecule has 0 saturated carbocycles. The molecular formula is C10H11NO4. The van der Waals surface area contributed by atoms with Gasteiger partial charge in [0.15, 0.2) is 0 Å². The maximum atomic E-state index is 10.5. The zero-order valence-corrected chi connectivity index (χ0v) is 8.30. The first kappa shape index (κ1) is 11.2. The van der Waals surface area contributed by atoms with Gasteiger partial charge in [0.05, 0.1) is 18.1 Å². The van der Waals surface area contributed by atoms with Crippen molar-refractivity contribution in [2.75, 3.05) is 7.11 Å². The Balaban J connectivity index is 2.97. The summed E-state index contributed by atoms with van der Waals surface area (Å²) in [6.07, 6.45) is 1.72. The van der Waals surface area contributed by atoms with Crippen molar-refractivity contribution in [2.24, 2.45) is 0 Å². The summed E-state index contributed by atoms with van der Waals surface area (Å²) in [5.74, 6) is 0.450. The maximum Gasteiger partial charge on any atom is 0.273 e. The van der Waals surface area contributed by atoms with E-state index < -0.39 is 4.92 Å². The maximum absolute atomic E-state index is 10.5. The van der Waals surface area contributed by atoms with Crippen LogP contribution in [-0.4, -0.2) is 18.3 Å². The molecule has 0 saturated heterocycles. The first-order chi connectivity index (χ1) is 7.19. The molecule has 0 N–H and O–H groups in total. The fourth-order valence-corrected chi connectivity index (χ4v) is 1.27. The smallest absolute Gasteiger partial charge is 0.273 e. The summed E-state index contributed by atoms with van der Waals surface area (Å²) >= 11 is 0. The molecule has 0 radical (unpaired) electrons. The third-order valence-electron chi connectivity index (χ3n) is 2.01. The molecule has 0 aliphatic heterocycles. The van der Waals surface area contributed by atoms with Gasteiger partial charge in [-0.3, -0.25) is 10.1 Å². The Morgan fingerprint density at radius 2 is 2.27 bits per heavy atom. The molecule has 0 aliphatic rings. The van der Waals surface area contributed by atoms with Gasteiger partial charge in [0, 0.05) is 12.5 Å². The predicted molar refractivity (Wildman–Crippen MR) is 54.0 cm³/mol. The normalized spacial score (nSPS) is 9.67. The lowest BCUT2D eigenvalue weighted by Crippen LogP contribution is -1.95. The van der Waals surface area contributed by atoms with Crippen molar-refractivity contribution in [3.8, 4) is 5.75 Å². The van der Waals surface area contributed by atoms with Crippen molar-refractivity contribution in [3.05, 3.63) is 33.9 Å². The van der Waals surface area contributed by atoms with Crippen LogP contribution in [-0.2, 0) is 11.2 Å². The van der Waals surface area contributed by atoms with E-state index in [0.29, 0.717) is 18.6 Å². The first-order valence-corrected chi connectivity index (χ1v) is 4.44. The number of rotatable bonds is 5. The molecule has 80 valence electrons. The van der Waals surface area contributed by atoms with Gasteiger partial charge in [0.25, 0.3) is 5.69 Å². The summed E-state index contributed by atoms with van der Waals surface area (Å²) in [5.41, 5.74) is 0.789. The number of carbonyl (C=O) groups is 1. The molecule has 0 aliphatic carbocycles. The van der Waals surface area contributed by atoms with Crippen LogP contribution in [0, 0.1) is 10.1 Å². The molecular weight excluding hydrogens is 198 g/mol. The minimum absolute atomic E-state index is 0.0123. The number of methoxy groups -OCH3 is 1. The third-order valence-corrected chi connectivity index (χ3v) is 2.01. The van der Waals surface area contributed by atoms with Crippen molar-refractivity contribution in [3.63, 3.8) is 0 Å². The van der Waals surface area contributed by atoms with Gasteiger partial charge in [-0.15, -0.1) is 0 Å². The van der Waals surface area contributed by atoms with E-state index in [2.05, 4.69) is 0 Å². The lowest BCUT2D eigenvalue weighted by atomic mass is 10.1. The number of non-ortho nitro benzene ring substituents is 1. The molecule has 5 nitrogen and oxygen atoms in total. The molecule has 1 rings (SSSR count). The summed E-state index contributed by atoms with van der Waals surface area (Å²) in [7, 11) is 1.45. The van der Waals surface area contributed by atoms with Gasteiger partial charge in [-0.2, -0.15) is 0 Å². The molecule has 0 unspecified atom stereocenters. The van der Waals surface area contributed by atoms with E-state index in [1.165, 1.54) is 19.2 Å². The number of benzene rings is 1. The summed E-state index contributed by atoms with van der Waals surface area (Å²) in [6.45, 7) is 0. The molecule has 15 heavy (non-hydrogen) atoms. The second-order valence-corrected chi connectivity index (χ2v) is 2.96. The van der Waals surface area contributed by atoms with Gasteiger partial charge in [0.2, 0.25) is 0 Å². The van der Waals surface area contributed by atoms with Crippen molar-refractivity contribution >= 4 is 12.0 Å². The van der Waals surface area contributed by atoms with E-state index >= 15 is 0 Å². The fraction of sp³-hybridized carbons (Fsp3) is 0.300. The van der Waals surface area contributed by atoms with Gasteiger partial charge < -0.3 is 9.53 Å². The van der Waals surface area contributed by atoms with Crippen LogP contribution in [0.25, 0.3) is 0 Å². The van der Waals surface area contributed by atoms with Crippen LogP contribution in [0.3, 0.4) is 0 Å². The third kappa shape index (κ3) is 2.77. The highest BCUT2D eigenvalue weighted by atomic mass is 16.6. The molecule has 0 fully saturated rings. The highest BCUT2D eigenvalue weighted by Crippen LogP contribution is 2.25. The Labute approximate surface area is 86.8 Å². The number of aldehydes is 1. The molecule has 0 aromatic heterocycles. The van der Waals surface area contributed by atoms with Crippen LogP contribution in [0.2, 0.25) is 0 Å². The van der Waals surface area contributed by atoms with Gasteiger partial charge in [-0.1, -0.05) is 0 Å². The monoisotopic (exact) mass is 209 g/mol. The van der Waals surface area contributed by atoms with Crippen molar-refractivity contribution < 1.29 is 14.5 Å². The highest BCUT2D eigenvalue weighted by Gasteiger charge is 2.10. The molecule has 5 heteroatoms. The number of hydrogen-bond donors (Lipinski definition) is 0. The lowest BCUT2D eigenvalue weighted by molar-refractivity contribution is -0.384. The van der Waals surface area contributed by atoms with Crippen LogP contribution in [0.5, 0.6) is 5.75 Å². The number of nitro benzene ring substituents is 1. The number of carbonyl (C=O) groups excluding carboxylic acids is 1. The Bertz CT molecular complexity index is 376. The van der Waals surface area contributed by atoms with Crippen LogP contribution < -0.4 is 4.74 Å². The zero-order chi connectivity index (χ0) is 11.3. The Morgan fingerprint density at radius 3 is 2.80 bits per heavy atom. The Hall–Kier alpha value is -1.91. The average molecular weight is 209 g/mol. The molecule has 0 bridgehead atoms. The molecule has 1 aromatic carbocycles. The van der Waals surface area contributed by atoms with E-state index in [9.17, 15) is 14.9 Å². The molecule has 0 spiro atoms. The second-order valence-electron chi connectivity index (χ2n) is 2.96. The number of aryl methyl sites for hydroxylation is 1. The van der Waals surface area contributed by atoms with Crippen LogP contribution in [0.15, 0.2) is 18.2 Å². The summed E-state index contributed by atoms with van der Waals surface area (Å²) < 4.78 is 5.01. The average Bonchev–Trinajstić information content (AvgIpc) is 2.25. The molecule has 0 amide bonds. The topological polar surface area (TPSA) is 69.4 Å². The zero-order valence-electron chi connectivity index (χ0n) is 8.30. The number of nitro groups is 1. The first-order valence-electron chi connectivity index (χ1n) is 4.44. The molecule has 0 heterocycles. The minimum Gasteiger partial charge on any atom is -0.496 e. The van der Waals surface area contributed by atoms with Crippen LogP contribution in [0.1, 0.15) is 12.0 Å². The minimum atomic E-state index is -0.480. The summed E-state index contributed by atoms with van der Waals surface area (Å²) in [6, 6.07) is 4.38. The Morgan fingerprint density at radius 1 is 1.53 bits per heavy atom. The van der Waals surface area contributed by atoms with Crippen LogP contribution in [0.4, 0.5) is 5.69 Å². The number of hydrogen-bond acceptors (Lipinski definition) is 4. The summed E-state index contributed by atoms with van der Waals surface area (Å²) in [4.78, 5) is 20.2. The Kier molecular flexibility index (Phi) is 3.79. The van der Waals surface area contributed by atoms with Gasteiger partial charge in [-0.25, -0.2) is 0 Å². The quantitative estimate of drug-likeness (QED) is 0.420.